The summed E-state index contributed by atoms with van der Waals surface area (Å²) in [7, 11) is 0. The van der Waals surface area contributed by atoms with Gasteiger partial charge in [0, 0.05) is 5.56 Å². The van der Waals surface area contributed by atoms with E-state index in [4.69, 9.17) is 5.21 Å². The molecule has 0 spiro atoms. The number of hydrogen-bond acceptors (Lipinski definition) is 6. The molecule has 1 heterocycles. The van der Waals surface area contributed by atoms with Crippen LogP contribution in [0.5, 0.6) is 5.75 Å². The lowest BCUT2D eigenvalue weighted by Gasteiger charge is -2.11. The highest BCUT2D eigenvalue weighted by molar-refractivity contribution is 6.50. The van der Waals surface area contributed by atoms with E-state index >= 15 is 0 Å². The third kappa shape index (κ3) is 1.81. The first-order valence-corrected chi connectivity index (χ1v) is 4.40. The maximum absolute atomic E-state index is 9.65. The van der Waals surface area contributed by atoms with E-state index in [0.29, 0.717) is 11.1 Å². The lowest BCUT2D eigenvalue weighted by Crippen LogP contribution is -2.09. The number of allylic oxidation sites excluding steroid dienone is 1. The summed E-state index contributed by atoms with van der Waals surface area (Å²) < 4.78 is 0. The van der Waals surface area contributed by atoms with E-state index < -0.39 is 0 Å². The van der Waals surface area contributed by atoms with Gasteiger partial charge < -0.3 is 10.3 Å². The average molecular weight is 220 g/mol. The van der Waals surface area contributed by atoms with Gasteiger partial charge >= 0.3 is 0 Å². The predicted octanol–water partition coefficient (Wildman–Crippen LogP) is 1.51. The molecule has 6 nitrogen and oxygen atoms in total. The van der Waals surface area contributed by atoms with E-state index in [-0.39, 0.29) is 11.5 Å². The zero-order chi connectivity index (χ0) is 11.4. The molecule has 0 bridgehead atoms. The number of oxime groups is 2. The lowest BCUT2D eigenvalue weighted by atomic mass is 10.0. The summed E-state index contributed by atoms with van der Waals surface area (Å²) in [4.78, 5) is 8.92. The van der Waals surface area contributed by atoms with Crippen molar-refractivity contribution in [3.05, 3.63) is 36.1 Å². The number of rotatable bonds is 2. The van der Waals surface area contributed by atoms with Gasteiger partial charge in [0.05, 0.1) is 11.8 Å². The van der Waals surface area contributed by atoms with Crippen molar-refractivity contribution in [1.29, 1.82) is 0 Å². The first-order valence-electron chi connectivity index (χ1n) is 4.40. The standard InChI is InChI=1S/C10H8N2O4/c13-10-4-2-1-3-7(10)8-6-15-16-12-9(8)5-11-14/h1-6,13-14H. The van der Waals surface area contributed by atoms with Crippen molar-refractivity contribution >= 4 is 17.5 Å². The quantitative estimate of drug-likeness (QED) is 0.342. The van der Waals surface area contributed by atoms with Crippen LogP contribution >= 0.6 is 0 Å². The van der Waals surface area contributed by atoms with E-state index in [9.17, 15) is 5.11 Å². The average Bonchev–Trinajstić information content (AvgIpc) is 2.31. The van der Waals surface area contributed by atoms with Gasteiger partial charge in [0.15, 0.2) is 6.26 Å². The molecule has 0 saturated heterocycles. The Morgan fingerprint density at radius 1 is 1.31 bits per heavy atom. The summed E-state index contributed by atoms with van der Waals surface area (Å²) in [6, 6.07) is 6.64. The molecule has 0 saturated carbocycles. The molecule has 6 heteroatoms. The van der Waals surface area contributed by atoms with Crippen molar-refractivity contribution in [3.63, 3.8) is 0 Å². The van der Waals surface area contributed by atoms with Crippen LogP contribution in [0.3, 0.4) is 0 Å². The van der Waals surface area contributed by atoms with Crippen LogP contribution in [-0.2, 0) is 9.88 Å². The van der Waals surface area contributed by atoms with E-state index in [2.05, 4.69) is 20.2 Å². The molecular weight excluding hydrogens is 212 g/mol. The van der Waals surface area contributed by atoms with Gasteiger partial charge in [0.1, 0.15) is 11.5 Å². The van der Waals surface area contributed by atoms with Crippen LogP contribution in [0.15, 0.2) is 40.8 Å². The Balaban J connectivity index is 2.43. The van der Waals surface area contributed by atoms with Crippen molar-refractivity contribution in [3.8, 4) is 5.75 Å². The third-order valence-corrected chi connectivity index (χ3v) is 1.99. The molecule has 82 valence electrons. The number of benzene rings is 1. The first kappa shape index (κ1) is 10.0. The number of hydrogen-bond donors (Lipinski definition) is 2. The zero-order valence-corrected chi connectivity index (χ0v) is 8.07. The Morgan fingerprint density at radius 2 is 2.12 bits per heavy atom. The van der Waals surface area contributed by atoms with Gasteiger partial charge in [-0.25, -0.2) is 0 Å². The first-order chi connectivity index (χ1) is 7.83. The Labute approximate surface area is 90.6 Å². The van der Waals surface area contributed by atoms with Gasteiger partial charge in [-0.15, -0.1) is 0 Å². The molecule has 1 aliphatic heterocycles. The molecule has 16 heavy (non-hydrogen) atoms. The Hall–Kier alpha value is -2.50. The largest absolute Gasteiger partial charge is 0.507 e. The van der Waals surface area contributed by atoms with Gasteiger partial charge in [0.25, 0.3) is 0 Å². The molecule has 2 N–H and O–H groups in total. The minimum Gasteiger partial charge on any atom is -0.507 e. The second-order valence-corrected chi connectivity index (χ2v) is 2.94. The van der Waals surface area contributed by atoms with Crippen LogP contribution < -0.4 is 0 Å². The van der Waals surface area contributed by atoms with Gasteiger partial charge in [-0.1, -0.05) is 23.4 Å². The van der Waals surface area contributed by atoms with Gasteiger partial charge in [-0.05, 0) is 11.2 Å². The van der Waals surface area contributed by atoms with Gasteiger partial charge in [-0.3, -0.25) is 4.89 Å². The second kappa shape index (κ2) is 4.35. The highest BCUT2D eigenvalue weighted by Gasteiger charge is 2.17. The fourth-order valence-corrected chi connectivity index (χ4v) is 1.29. The topological polar surface area (TPSA) is 83.6 Å². The zero-order valence-electron chi connectivity index (χ0n) is 8.07. The molecule has 1 aromatic rings. The number of nitrogens with zero attached hydrogens (tertiary/aromatic N) is 2. The minimum atomic E-state index is 0.0679. The number of aromatic hydroxyl groups is 1. The molecular formula is C10H8N2O4. The highest BCUT2D eigenvalue weighted by atomic mass is 17.3. The monoisotopic (exact) mass is 220 g/mol. The second-order valence-electron chi connectivity index (χ2n) is 2.94. The number of phenols is 1. The van der Waals surface area contributed by atoms with Crippen molar-refractivity contribution in [2.45, 2.75) is 0 Å². The number of phenolic OH excluding ortho intramolecular Hbond substituents is 1. The SMILES string of the molecule is ON=CC1=NOOC=C1c1ccccc1O. The normalized spacial score (nSPS) is 15.0. The molecule has 0 amide bonds. The summed E-state index contributed by atoms with van der Waals surface area (Å²) in [5.74, 6) is 0.0679. The van der Waals surface area contributed by atoms with Crippen molar-refractivity contribution < 1.29 is 20.2 Å². The van der Waals surface area contributed by atoms with Crippen molar-refractivity contribution in [2.24, 2.45) is 10.3 Å². The maximum Gasteiger partial charge on any atom is 0.155 e. The lowest BCUT2D eigenvalue weighted by molar-refractivity contribution is -0.250. The molecule has 0 radical (unpaired) electrons. The maximum atomic E-state index is 9.65. The van der Waals surface area contributed by atoms with Crippen LogP contribution in [0, 0.1) is 0 Å². The van der Waals surface area contributed by atoms with Gasteiger partial charge in [0.2, 0.25) is 0 Å². The van der Waals surface area contributed by atoms with Gasteiger partial charge in [-0.2, -0.15) is 4.99 Å². The minimum absolute atomic E-state index is 0.0679. The van der Waals surface area contributed by atoms with Crippen LogP contribution in [0.1, 0.15) is 5.56 Å². The Bertz CT molecular complexity index is 479. The third-order valence-electron chi connectivity index (χ3n) is 1.99. The Kier molecular flexibility index (Phi) is 2.73. The Morgan fingerprint density at radius 3 is 2.88 bits per heavy atom. The molecule has 0 aromatic heterocycles. The van der Waals surface area contributed by atoms with E-state index in [1.165, 1.54) is 12.3 Å². The van der Waals surface area contributed by atoms with Crippen molar-refractivity contribution in [2.75, 3.05) is 0 Å². The fourth-order valence-electron chi connectivity index (χ4n) is 1.29. The smallest absolute Gasteiger partial charge is 0.155 e. The summed E-state index contributed by atoms with van der Waals surface area (Å²) >= 11 is 0. The molecule has 2 rings (SSSR count). The van der Waals surface area contributed by atoms with E-state index in [1.807, 2.05) is 0 Å². The van der Waals surface area contributed by atoms with Crippen LogP contribution in [0.25, 0.3) is 5.57 Å². The summed E-state index contributed by atoms with van der Waals surface area (Å²) in [6.45, 7) is 0. The van der Waals surface area contributed by atoms with E-state index in [1.54, 1.807) is 18.2 Å². The number of para-hydroxylation sites is 1. The summed E-state index contributed by atoms with van der Waals surface area (Å²) in [6.07, 6.45) is 2.35. The molecule has 0 aliphatic carbocycles. The molecule has 1 aromatic carbocycles. The van der Waals surface area contributed by atoms with E-state index in [0.717, 1.165) is 6.21 Å². The van der Waals surface area contributed by atoms with Crippen molar-refractivity contribution in [1.82, 2.24) is 0 Å². The summed E-state index contributed by atoms with van der Waals surface area (Å²) in [5.41, 5.74) is 1.21. The molecule has 1 aliphatic rings. The summed E-state index contributed by atoms with van der Waals surface area (Å²) in [5, 5.41) is 24.5. The van der Waals surface area contributed by atoms with Crippen LogP contribution in [-0.4, -0.2) is 22.2 Å². The van der Waals surface area contributed by atoms with Crippen LogP contribution in [0.2, 0.25) is 0 Å². The molecule has 0 fully saturated rings. The molecule has 0 atom stereocenters. The van der Waals surface area contributed by atoms with Crippen LogP contribution in [0.4, 0.5) is 0 Å². The molecule has 0 unspecified atom stereocenters. The predicted molar refractivity (Wildman–Crippen MR) is 56.0 cm³/mol. The fraction of sp³-hybridized carbons (Fsp3) is 0. The highest BCUT2D eigenvalue weighted by Crippen LogP contribution is 2.27.